The molecule has 2 N–H and O–H groups in total. The summed E-state index contributed by atoms with van der Waals surface area (Å²) in [7, 11) is 4.75. The van der Waals surface area contributed by atoms with Crippen LogP contribution in [0.15, 0.2) is 27.9 Å². The van der Waals surface area contributed by atoms with Crippen LogP contribution in [-0.2, 0) is 15.2 Å². The van der Waals surface area contributed by atoms with Crippen LogP contribution in [0.4, 0.5) is 0 Å². The van der Waals surface area contributed by atoms with Crippen molar-refractivity contribution in [1.82, 2.24) is 9.55 Å². The standard InChI is InChI=1S/C21H28N2O8S/c1-12-8-23(21(26)22-20(12)25)19-7-17(18(9-24)31-19)30-11-32-10-14-15(28-3)5-13(27-2)6-16(14)29-4/h5-6,8,17-19,24H,7,9-11H2,1-4H3,(H,22,25,26)/t17?,18-,19-/m1/s1. The van der Waals surface area contributed by atoms with Crippen molar-refractivity contribution in [1.29, 1.82) is 0 Å². The lowest BCUT2D eigenvalue weighted by Crippen LogP contribution is -2.33. The predicted octanol–water partition coefficient (Wildman–Crippen LogP) is 1.43. The van der Waals surface area contributed by atoms with Crippen LogP contribution in [0.3, 0.4) is 0 Å². The van der Waals surface area contributed by atoms with Crippen LogP contribution in [0, 0.1) is 6.92 Å². The zero-order chi connectivity index (χ0) is 23.3. The highest BCUT2D eigenvalue weighted by atomic mass is 32.2. The van der Waals surface area contributed by atoms with Crippen LogP contribution in [-0.4, -0.2) is 60.7 Å². The fourth-order valence-electron chi connectivity index (χ4n) is 3.51. The molecule has 3 atom stereocenters. The summed E-state index contributed by atoms with van der Waals surface area (Å²) >= 11 is 1.51. The van der Waals surface area contributed by atoms with Gasteiger partial charge in [-0.2, -0.15) is 0 Å². The molecule has 1 aliphatic rings. The molecule has 0 saturated carbocycles. The fourth-order valence-corrected chi connectivity index (χ4v) is 4.35. The number of hydrogen-bond donors (Lipinski definition) is 2. The summed E-state index contributed by atoms with van der Waals surface area (Å²) in [6, 6.07) is 3.58. The van der Waals surface area contributed by atoms with Crippen molar-refractivity contribution in [3.8, 4) is 17.2 Å². The van der Waals surface area contributed by atoms with Crippen molar-refractivity contribution >= 4 is 11.8 Å². The predicted molar refractivity (Wildman–Crippen MR) is 119 cm³/mol. The normalized spacial score (nSPS) is 20.3. The number of aryl methyl sites for hydroxylation is 1. The van der Waals surface area contributed by atoms with Crippen molar-refractivity contribution < 1.29 is 28.8 Å². The van der Waals surface area contributed by atoms with Crippen molar-refractivity contribution in [3.63, 3.8) is 0 Å². The molecule has 0 aliphatic carbocycles. The minimum Gasteiger partial charge on any atom is -0.496 e. The molecule has 10 nitrogen and oxygen atoms in total. The second-order valence-electron chi connectivity index (χ2n) is 7.21. The summed E-state index contributed by atoms with van der Waals surface area (Å²) in [5.41, 5.74) is 0.280. The number of nitrogens with zero attached hydrogens (tertiary/aromatic N) is 1. The number of aliphatic hydroxyl groups excluding tert-OH is 1. The van der Waals surface area contributed by atoms with E-state index in [9.17, 15) is 14.7 Å². The summed E-state index contributed by atoms with van der Waals surface area (Å²) in [6.45, 7) is 1.36. The minimum absolute atomic E-state index is 0.247. The van der Waals surface area contributed by atoms with E-state index in [1.807, 2.05) is 0 Å². The van der Waals surface area contributed by atoms with E-state index in [0.29, 0.717) is 40.9 Å². The number of benzene rings is 1. The summed E-state index contributed by atoms with van der Waals surface area (Å²) in [4.78, 5) is 26.0. The second kappa shape index (κ2) is 10.9. The van der Waals surface area contributed by atoms with Gasteiger partial charge in [0.2, 0.25) is 0 Å². The highest BCUT2D eigenvalue weighted by molar-refractivity contribution is 7.98. The topological polar surface area (TPSA) is 121 Å². The first-order valence-corrected chi connectivity index (χ1v) is 11.1. The number of aromatic amines is 1. The molecule has 1 fully saturated rings. The van der Waals surface area contributed by atoms with Crippen molar-refractivity contribution in [3.05, 3.63) is 50.3 Å². The Morgan fingerprint density at radius 3 is 2.47 bits per heavy atom. The third-order valence-electron chi connectivity index (χ3n) is 5.25. The average Bonchev–Trinajstić information content (AvgIpc) is 3.21. The van der Waals surface area contributed by atoms with E-state index in [0.717, 1.165) is 5.56 Å². The number of thioether (sulfide) groups is 1. The Hall–Kier alpha value is -2.47. The molecule has 0 radical (unpaired) electrons. The number of ether oxygens (including phenoxy) is 5. The highest BCUT2D eigenvalue weighted by Gasteiger charge is 2.37. The van der Waals surface area contributed by atoms with Gasteiger partial charge in [0, 0.05) is 41.6 Å². The number of rotatable bonds is 10. The van der Waals surface area contributed by atoms with Crippen LogP contribution < -0.4 is 25.5 Å². The SMILES string of the molecule is COc1cc(OC)c(CSCOC2C[C@H](n3cc(C)c(=O)[nH]c3=O)O[C@@H]2CO)c(OC)c1. The molecule has 0 spiro atoms. The third-order valence-corrected chi connectivity index (χ3v) is 6.04. The van der Waals surface area contributed by atoms with E-state index in [1.54, 1.807) is 40.4 Å². The smallest absolute Gasteiger partial charge is 0.330 e. The lowest BCUT2D eigenvalue weighted by molar-refractivity contribution is -0.0555. The fraction of sp³-hybridized carbons (Fsp3) is 0.524. The Morgan fingerprint density at radius 1 is 1.19 bits per heavy atom. The van der Waals surface area contributed by atoms with Crippen LogP contribution in [0.1, 0.15) is 23.8 Å². The Morgan fingerprint density at radius 2 is 1.88 bits per heavy atom. The molecule has 11 heteroatoms. The molecule has 1 unspecified atom stereocenters. The maximum Gasteiger partial charge on any atom is 0.330 e. The van der Waals surface area contributed by atoms with Crippen molar-refractivity contribution in [2.45, 2.75) is 37.5 Å². The van der Waals surface area contributed by atoms with Gasteiger partial charge in [0.1, 0.15) is 29.6 Å². The Bertz CT molecular complexity index is 1010. The van der Waals surface area contributed by atoms with Gasteiger partial charge < -0.3 is 28.8 Å². The lowest BCUT2D eigenvalue weighted by Gasteiger charge is -2.17. The summed E-state index contributed by atoms with van der Waals surface area (Å²) in [6.07, 6.45) is 0.208. The van der Waals surface area contributed by atoms with Crippen molar-refractivity contribution in [2.75, 3.05) is 33.9 Å². The summed E-state index contributed by atoms with van der Waals surface area (Å²) in [5.74, 6) is 2.83. The molecule has 1 aliphatic heterocycles. The molecular formula is C21H28N2O8S. The molecule has 2 aromatic rings. The molecule has 1 aromatic carbocycles. The number of aliphatic hydroxyl groups is 1. The molecule has 1 aromatic heterocycles. The van der Waals surface area contributed by atoms with Gasteiger partial charge >= 0.3 is 5.69 Å². The van der Waals surface area contributed by atoms with Gasteiger partial charge in [-0.1, -0.05) is 0 Å². The maximum absolute atomic E-state index is 12.2. The Labute approximate surface area is 189 Å². The van der Waals surface area contributed by atoms with E-state index < -0.39 is 29.7 Å². The van der Waals surface area contributed by atoms with E-state index >= 15 is 0 Å². The van der Waals surface area contributed by atoms with Crippen LogP contribution >= 0.6 is 11.8 Å². The Balaban J connectivity index is 1.62. The first-order valence-electron chi connectivity index (χ1n) is 9.98. The van der Waals surface area contributed by atoms with Crippen LogP contribution in [0.5, 0.6) is 17.2 Å². The highest BCUT2D eigenvalue weighted by Crippen LogP contribution is 2.37. The van der Waals surface area contributed by atoms with E-state index in [2.05, 4.69) is 4.98 Å². The van der Waals surface area contributed by atoms with E-state index in [1.165, 1.54) is 22.5 Å². The first kappa shape index (κ1) is 24.2. The lowest BCUT2D eigenvalue weighted by atomic mass is 10.2. The zero-order valence-corrected chi connectivity index (χ0v) is 19.3. The van der Waals surface area contributed by atoms with Gasteiger partial charge in [-0.15, -0.1) is 11.8 Å². The van der Waals surface area contributed by atoms with Crippen LogP contribution in [0.2, 0.25) is 0 Å². The number of nitrogens with one attached hydrogen (secondary N) is 1. The van der Waals surface area contributed by atoms with Crippen LogP contribution in [0.25, 0.3) is 0 Å². The quantitative estimate of drug-likeness (QED) is 0.394. The number of methoxy groups -OCH3 is 3. The third kappa shape index (κ3) is 5.29. The number of hydrogen-bond acceptors (Lipinski definition) is 9. The van der Waals surface area contributed by atoms with Gasteiger partial charge in [-0.3, -0.25) is 14.3 Å². The molecule has 0 amide bonds. The second-order valence-corrected chi connectivity index (χ2v) is 8.14. The molecule has 2 heterocycles. The van der Waals surface area contributed by atoms with Gasteiger partial charge in [0.25, 0.3) is 5.56 Å². The molecule has 176 valence electrons. The summed E-state index contributed by atoms with van der Waals surface area (Å²) < 4.78 is 29.3. The van der Waals surface area contributed by atoms with E-state index in [-0.39, 0.29) is 6.61 Å². The van der Waals surface area contributed by atoms with Gasteiger partial charge in [-0.25, -0.2) is 4.79 Å². The maximum atomic E-state index is 12.2. The molecule has 0 bridgehead atoms. The van der Waals surface area contributed by atoms with Gasteiger partial charge in [0.05, 0.1) is 40.0 Å². The van der Waals surface area contributed by atoms with Gasteiger partial charge in [-0.05, 0) is 6.92 Å². The molecule has 1 saturated heterocycles. The molecule has 3 rings (SSSR count). The van der Waals surface area contributed by atoms with Crippen molar-refractivity contribution in [2.24, 2.45) is 0 Å². The van der Waals surface area contributed by atoms with Gasteiger partial charge in [0.15, 0.2) is 0 Å². The number of aromatic nitrogens is 2. The summed E-state index contributed by atoms with van der Waals surface area (Å²) in [5, 5.41) is 9.69. The first-order chi connectivity index (χ1) is 15.4. The minimum atomic E-state index is -0.632. The Kier molecular flexibility index (Phi) is 8.24. The van der Waals surface area contributed by atoms with E-state index in [4.69, 9.17) is 23.7 Å². The monoisotopic (exact) mass is 468 g/mol. The largest absolute Gasteiger partial charge is 0.496 e. The zero-order valence-electron chi connectivity index (χ0n) is 18.5. The molecule has 32 heavy (non-hydrogen) atoms. The average molecular weight is 469 g/mol. The number of H-pyrrole nitrogens is 1. The molecular weight excluding hydrogens is 440 g/mol.